The topological polar surface area (TPSA) is 72.2 Å². The van der Waals surface area contributed by atoms with Gasteiger partial charge in [0, 0.05) is 12.1 Å². The summed E-state index contributed by atoms with van der Waals surface area (Å²) in [6.07, 6.45) is 0. The van der Waals surface area contributed by atoms with Crippen LogP contribution in [-0.4, -0.2) is 26.3 Å². The minimum atomic E-state index is -3.21. The van der Waals surface area contributed by atoms with Gasteiger partial charge in [0.2, 0.25) is 0 Å². The number of benzene rings is 1. The van der Waals surface area contributed by atoms with Gasteiger partial charge in [0.25, 0.3) is 0 Å². The normalized spacial score (nSPS) is 12.5. The van der Waals surface area contributed by atoms with E-state index in [1.165, 1.54) is 0 Å². The second-order valence-corrected chi connectivity index (χ2v) is 6.86. The van der Waals surface area contributed by atoms with E-state index in [0.29, 0.717) is 17.1 Å². The molecule has 0 bridgehead atoms. The van der Waals surface area contributed by atoms with E-state index in [9.17, 15) is 8.42 Å². The lowest BCUT2D eigenvalue weighted by Crippen LogP contribution is -2.39. The van der Waals surface area contributed by atoms with Crippen molar-refractivity contribution < 1.29 is 8.42 Å². The molecule has 96 valence electrons. The van der Waals surface area contributed by atoms with Crippen molar-refractivity contribution in [2.45, 2.75) is 31.2 Å². The highest BCUT2D eigenvalue weighted by Crippen LogP contribution is 2.24. The van der Waals surface area contributed by atoms with Crippen molar-refractivity contribution in [3.8, 4) is 0 Å². The molecule has 0 unspecified atom stereocenters. The number of nitrogens with two attached hydrogens (primary N) is 1. The van der Waals surface area contributed by atoms with Gasteiger partial charge in [-0.2, -0.15) is 0 Å². The van der Waals surface area contributed by atoms with Gasteiger partial charge in [0.1, 0.15) is 0 Å². The van der Waals surface area contributed by atoms with E-state index in [0.717, 1.165) is 0 Å². The van der Waals surface area contributed by atoms with E-state index in [1.54, 1.807) is 25.1 Å². The maximum Gasteiger partial charge on any atom is 0.180 e. The first-order valence-corrected chi connectivity index (χ1v) is 7.27. The number of rotatable bonds is 5. The summed E-state index contributed by atoms with van der Waals surface area (Å²) >= 11 is 0. The summed E-state index contributed by atoms with van der Waals surface area (Å²) in [5.41, 5.74) is 5.92. The number of nitrogens with one attached hydrogen (secondary N) is 1. The van der Waals surface area contributed by atoms with E-state index < -0.39 is 9.84 Å². The van der Waals surface area contributed by atoms with Gasteiger partial charge in [-0.05, 0) is 26.0 Å². The predicted octanol–water partition coefficient (Wildman–Crippen LogP) is 1.63. The maximum absolute atomic E-state index is 11.9. The Morgan fingerprint density at radius 3 is 2.41 bits per heavy atom. The average molecular weight is 256 g/mol. The van der Waals surface area contributed by atoms with Crippen molar-refractivity contribution in [1.82, 2.24) is 0 Å². The fourth-order valence-corrected chi connectivity index (χ4v) is 2.46. The molecule has 5 heteroatoms. The smallest absolute Gasteiger partial charge is 0.180 e. The Bertz CT molecular complexity index is 481. The van der Waals surface area contributed by atoms with Gasteiger partial charge in [-0.15, -0.1) is 0 Å². The third kappa shape index (κ3) is 3.44. The van der Waals surface area contributed by atoms with Crippen molar-refractivity contribution in [1.29, 1.82) is 0 Å². The molecular formula is C12H20N2O2S. The average Bonchev–Trinajstić information content (AvgIpc) is 2.29. The summed E-state index contributed by atoms with van der Waals surface area (Å²) in [6.45, 7) is 5.93. The zero-order chi connectivity index (χ0) is 13.1. The first kappa shape index (κ1) is 14.0. The number of hydrogen-bond acceptors (Lipinski definition) is 4. The van der Waals surface area contributed by atoms with Crippen LogP contribution in [0.3, 0.4) is 0 Å². The third-order valence-corrected chi connectivity index (χ3v) is 4.37. The molecular weight excluding hydrogens is 236 g/mol. The van der Waals surface area contributed by atoms with Crippen LogP contribution in [0.2, 0.25) is 0 Å². The van der Waals surface area contributed by atoms with Crippen molar-refractivity contribution in [2.75, 3.05) is 17.6 Å². The fraction of sp³-hybridized carbons (Fsp3) is 0.500. The quantitative estimate of drug-likeness (QED) is 0.840. The molecule has 0 aliphatic heterocycles. The maximum atomic E-state index is 11.9. The van der Waals surface area contributed by atoms with Gasteiger partial charge in [-0.3, -0.25) is 0 Å². The van der Waals surface area contributed by atoms with Crippen molar-refractivity contribution in [2.24, 2.45) is 5.73 Å². The van der Waals surface area contributed by atoms with Crippen molar-refractivity contribution in [3.63, 3.8) is 0 Å². The van der Waals surface area contributed by atoms with E-state index >= 15 is 0 Å². The van der Waals surface area contributed by atoms with Crippen molar-refractivity contribution in [3.05, 3.63) is 24.3 Å². The standard InChI is InChI=1S/C12H20N2O2S/c1-4-17(15,16)11-8-6-5-7-10(11)14-12(2,3)9-13/h5-8,14H,4,9,13H2,1-3H3. The molecule has 0 spiro atoms. The Kier molecular flexibility index (Phi) is 4.16. The zero-order valence-corrected chi connectivity index (χ0v) is 11.3. The molecule has 1 aromatic carbocycles. The van der Waals surface area contributed by atoms with Gasteiger partial charge < -0.3 is 11.1 Å². The monoisotopic (exact) mass is 256 g/mol. The highest BCUT2D eigenvalue weighted by molar-refractivity contribution is 7.91. The molecule has 1 rings (SSSR count). The van der Waals surface area contributed by atoms with E-state index in [-0.39, 0.29) is 11.3 Å². The molecule has 17 heavy (non-hydrogen) atoms. The Balaban J connectivity index is 3.18. The summed E-state index contributed by atoms with van der Waals surface area (Å²) in [5.74, 6) is 0.0920. The van der Waals surface area contributed by atoms with Crippen LogP contribution in [0.4, 0.5) is 5.69 Å². The van der Waals surface area contributed by atoms with Crippen LogP contribution in [0.25, 0.3) is 0 Å². The summed E-state index contributed by atoms with van der Waals surface area (Å²) in [5, 5.41) is 3.17. The summed E-state index contributed by atoms with van der Waals surface area (Å²) in [6, 6.07) is 6.92. The Labute approximate surface area is 103 Å². The molecule has 0 atom stereocenters. The fourth-order valence-electron chi connectivity index (χ4n) is 1.41. The summed E-state index contributed by atoms with van der Waals surface area (Å²) < 4.78 is 23.8. The molecule has 0 aliphatic carbocycles. The number of para-hydroxylation sites is 1. The molecule has 3 N–H and O–H groups in total. The molecule has 0 aliphatic rings. The minimum absolute atomic E-state index is 0.0920. The second-order valence-electron chi connectivity index (χ2n) is 4.61. The van der Waals surface area contributed by atoms with Crippen LogP contribution in [0.15, 0.2) is 29.2 Å². The van der Waals surface area contributed by atoms with Gasteiger partial charge in [0.15, 0.2) is 9.84 Å². The Morgan fingerprint density at radius 1 is 1.29 bits per heavy atom. The first-order chi connectivity index (χ1) is 7.82. The molecule has 4 nitrogen and oxygen atoms in total. The van der Waals surface area contributed by atoms with Crippen LogP contribution >= 0.6 is 0 Å². The first-order valence-electron chi connectivity index (χ1n) is 5.62. The van der Waals surface area contributed by atoms with Crippen LogP contribution < -0.4 is 11.1 Å². The van der Waals surface area contributed by atoms with E-state index in [1.807, 2.05) is 19.9 Å². The van der Waals surface area contributed by atoms with Gasteiger partial charge in [0.05, 0.1) is 16.3 Å². The molecule has 0 saturated carbocycles. The lowest BCUT2D eigenvalue weighted by molar-refractivity contribution is 0.575. The molecule has 0 fully saturated rings. The number of anilines is 1. The zero-order valence-electron chi connectivity index (χ0n) is 10.5. The van der Waals surface area contributed by atoms with Crippen LogP contribution in [0.5, 0.6) is 0 Å². The number of hydrogen-bond donors (Lipinski definition) is 2. The Morgan fingerprint density at radius 2 is 1.88 bits per heavy atom. The van der Waals surface area contributed by atoms with Gasteiger partial charge in [-0.1, -0.05) is 19.1 Å². The van der Waals surface area contributed by atoms with Gasteiger partial charge in [-0.25, -0.2) is 8.42 Å². The molecule has 0 heterocycles. The van der Waals surface area contributed by atoms with E-state index in [2.05, 4.69) is 5.32 Å². The molecule has 0 saturated heterocycles. The minimum Gasteiger partial charge on any atom is -0.378 e. The predicted molar refractivity (Wildman–Crippen MR) is 70.9 cm³/mol. The Hall–Kier alpha value is -1.07. The summed E-state index contributed by atoms with van der Waals surface area (Å²) in [7, 11) is -3.21. The van der Waals surface area contributed by atoms with Gasteiger partial charge >= 0.3 is 0 Å². The lowest BCUT2D eigenvalue weighted by atomic mass is 10.1. The molecule has 0 amide bonds. The van der Waals surface area contributed by atoms with E-state index in [4.69, 9.17) is 5.73 Å². The summed E-state index contributed by atoms with van der Waals surface area (Å²) in [4.78, 5) is 0.337. The highest BCUT2D eigenvalue weighted by Gasteiger charge is 2.21. The molecule has 1 aromatic rings. The van der Waals surface area contributed by atoms with Crippen LogP contribution in [0.1, 0.15) is 20.8 Å². The van der Waals surface area contributed by atoms with Crippen molar-refractivity contribution >= 4 is 15.5 Å². The molecule has 0 radical (unpaired) electrons. The van der Waals surface area contributed by atoms with Crippen LogP contribution in [0, 0.1) is 0 Å². The highest BCUT2D eigenvalue weighted by atomic mass is 32.2. The third-order valence-electron chi connectivity index (χ3n) is 2.59. The SMILES string of the molecule is CCS(=O)(=O)c1ccccc1NC(C)(C)CN. The number of sulfone groups is 1. The van der Waals surface area contributed by atoms with Crippen LogP contribution in [-0.2, 0) is 9.84 Å². The molecule has 0 aromatic heterocycles. The lowest BCUT2D eigenvalue weighted by Gasteiger charge is -2.26. The second kappa shape index (κ2) is 5.06. The largest absolute Gasteiger partial charge is 0.378 e.